The monoisotopic (exact) mass is 577 g/mol. The molecular weight excluding hydrogens is 549 g/mol. The predicted octanol–water partition coefficient (Wildman–Crippen LogP) is 6.03. The van der Waals surface area contributed by atoms with E-state index in [4.69, 9.17) is 17.0 Å². The van der Waals surface area contributed by atoms with E-state index in [1.807, 2.05) is 36.4 Å². The van der Waals surface area contributed by atoms with Crippen molar-refractivity contribution in [3.63, 3.8) is 0 Å². The lowest BCUT2D eigenvalue weighted by Crippen LogP contribution is -2.19. The molecule has 0 atom stereocenters. The summed E-state index contributed by atoms with van der Waals surface area (Å²) >= 11 is 6.87. The second-order valence-corrected chi connectivity index (χ2v) is 10.1. The number of aromatic nitrogens is 3. The maximum absolute atomic E-state index is 14.4. The van der Waals surface area contributed by atoms with E-state index in [9.17, 15) is 9.18 Å². The smallest absolute Gasteiger partial charge is 0.229 e. The molecule has 1 amide bonds. The van der Waals surface area contributed by atoms with Crippen LogP contribution in [-0.4, -0.2) is 37.5 Å². The van der Waals surface area contributed by atoms with Gasteiger partial charge in [-0.2, -0.15) is 4.98 Å². The van der Waals surface area contributed by atoms with Gasteiger partial charge in [-0.3, -0.25) is 9.78 Å². The van der Waals surface area contributed by atoms with E-state index in [0.29, 0.717) is 52.5 Å². The van der Waals surface area contributed by atoms with Crippen molar-refractivity contribution in [3.05, 3.63) is 90.6 Å². The van der Waals surface area contributed by atoms with Crippen LogP contribution in [0.1, 0.15) is 18.9 Å². The van der Waals surface area contributed by atoms with E-state index in [1.165, 1.54) is 11.8 Å². The number of hydrogen-bond donors (Lipinski definition) is 4. The Bertz CT molecular complexity index is 1430. The molecule has 12 heteroatoms. The minimum atomic E-state index is -0.609. The zero-order chi connectivity index (χ0) is 28.2. The molecular formula is C28H28FN7O2S2. The van der Waals surface area contributed by atoms with Crippen LogP contribution in [0, 0.1) is 5.82 Å². The normalized spacial score (nSPS) is 10.4. The number of carbonyl (C=O) groups excluding carboxylic acids is 1. The molecule has 0 saturated heterocycles. The number of amides is 1. The van der Waals surface area contributed by atoms with Gasteiger partial charge in [0.05, 0.1) is 12.8 Å². The highest BCUT2D eigenvalue weighted by molar-refractivity contribution is 8.22. The Morgan fingerprint density at radius 2 is 1.85 bits per heavy atom. The van der Waals surface area contributed by atoms with E-state index in [2.05, 4.69) is 36.2 Å². The highest BCUT2D eigenvalue weighted by atomic mass is 32.2. The summed E-state index contributed by atoms with van der Waals surface area (Å²) in [6, 6.07) is 18.1. The van der Waals surface area contributed by atoms with Crippen molar-refractivity contribution >= 4 is 63.0 Å². The quantitative estimate of drug-likeness (QED) is 0.118. The SMILES string of the molecule is CCC(=O)Nc1cccc(Nc2nc(Nc3ccc(OCCSC(=S)NCc4cccnc4)cc3)ncc2F)c1. The van der Waals surface area contributed by atoms with Gasteiger partial charge in [-0.15, -0.1) is 0 Å². The van der Waals surface area contributed by atoms with Crippen LogP contribution >= 0.6 is 24.0 Å². The van der Waals surface area contributed by atoms with Crippen LogP contribution in [-0.2, 0) is 11.3 Å². The van der Waals surface area contributed by atoms with E-state index in [-0.39, 0.29) is 17.7 Å². The summed E-state index contributed by atoms with van der Waals surface area (Å²) in [5, 5.41) is 12.0. The van der Waals surface area contributed by atoms with Crippen molar-refractivity contribution in [2.75, 3.05) is 28.3 Å². The Hall–Kier alpha value is -4.29. The number of thioether (sulfide) groups is 1. The van der Waals surface area contributed by atoms with Gasteiger partial charge in [0.25, 0.3) is 0 Å². The highest BCUT2D eigenvalue weighted by Crippen LogP contribution is 2.23. The van der Waals surface area contributed by atoms with Crippen molar-refractivity contribution < 1.29 is 13.9 Å². The molecule has 4 rings (SSSR count). The van der Waals surface area contributed by atoms with Gasteiger partial charge in [-0.05, 0) is 54.1 Å². The first-order chi connectivity index (χ1) is 19.5. The van der Waals surface area contributed by atoms with Gasteiger partial charge < -0.3 is 26.0 Å². The fraction of sp³-hybridized carbons (Fsp3) is 0.179. The highest BCUT2D eigenvalue weighted by Gasteiger charge is 2.09. The molecule has 40 heavy (non-hydrogen) atoms. The number of pyridine rings is 1. The topological polar surface area (TPSA) is 113 Å². The van der Waals surface area contributed by atoms with Gasteiger partial charge in [0.1, 0.15) is 10.1 Å². The Labute approximate surface area is 241 Å². The van der Waals surface area contributed by atoms with Crippen molar-refractivity contribution in [1.82, 2.24) is 20.3 Å². The van der Waals surface area contributed by atoms with Crippen LogP contribution in [0.4, 0.5) is 33.2 Å². The molecule has 2 heterocycles. The zero-order valence-electron chi connectivity index (χ0n) is 21.7. The molecule has 4 aromatic rings. The van der Waals surface area contributed by atoms with Crippen molar-refractivity contribution in [1.29, 1.82) is 0 Å². The van der Waals surface area contributed by atoms with Gasteiger partial charge in [0.2, 0.25) is 11.9 Å². The molecule has 0 radical (unpaired) electrons. The minimum Gasteiger partial charge on any atom is -0.493 e. The van der Waals surface area contributed by atoms with Crippen LogP contribution in [0.15, 0.2) is 79.3 Å². The number of anilines is 5. The Kier molecular flexibility index (Phi) is 10.6. The third-order valence-corrected chi connectivity index (χ3v) is 6.60. The number of nitrogens with zero attached hydrogens (tertiary/aromatic N) is 3. The Morgan fingerprint density at radius 3 is 2.62 bits per heavy atom. The number of carbonyl (C=O) groups is 1. The zero-order valence-corrected chi connectivity index (χ0v) is 23.3. The molecule has 206 valence electrons. The molecule has 4 N–H and O–H groups in total. The lowest BCUT2D eigenvalue weighted by molar-refractivity contribution is -0.115. The van der Waals surface area contributed by atoms with Gasteiger partial charge in [-0.25, -0.2) is 9.37 Å². The van der Waals surface area contributed by atoms with Gasteiger partial charge in [0, 0.05) is 48.2 Å². The molecule has 0 aliphatic carbocycles. The maximum atomic E-state index is 14.4. The first-order valence-corrected chi connectivity index (χ1v) is 13.9. The fourth-order valence-electron chi connectivity index (χ4n) is 3.36. The number of nitrogens with one attached hydrogen (secondary N) is 4. The number of rotatable bonds is 12. The number of ether oxygens (including phenoxy) is 1. The second kappa shape index (κ2) is 14.8. The lowest BCUT2D eigenvalue weighted by Gasteiger charge is -2.11. The summed E-state index contributed by atoms with van der Waals surface area (Å²) in [5.74, 6) is 0.908. The molecule has 2 aromatic heterocycles. The summed E-state index contributed by atoms with van der Waals surface area (Å²) in [5.41, 5.74) is 2.95. The third kappa shape index (κ3) is 9.17. The predicted molar refractivity (Wildman–Crippen MR) is 162 cm³/mol. The van der Waals surface area contributed by atoms with E-state index in [0.717, 1.165) is 11.8 Å². The van der Waals surface area contributed by atoms with Crippen LogP contribution in [0.5, 0.6) is 5.75 Å². The molecule has 0 aliphatic rings. The van der Waals surface area contributed by atoms with Gasteiger partial charge in [0.15, 0.2) is 11.6 Å². The first kappa shape index (κ1) is 28.7. The van der Waals surface area contributed by atoms with E-state index >= 15 is 0 Å². The molecule has 0 unspecified atom stereocenters. The maximum Gasteiger partial charge on any atom is 0.229 e. The standard InChI is InChI=1S/C28H28FN7O2S2/c1-2-25(37)33-21-6-3-7-22(15-21)34-26-24(29)18-31-27(36-26)35-20-8-10-23(11-9-20)38-13-14-40-28(39)32-17-19-5-4-12-30-16-19/h3-12,15-16,18H,2,13-14,17H2,1H3,(H,32,39)(H,33,37)(H2,31,34,35,36). The summed E-state index contributed by atoms with van der Waals surface area (Å²) in [6.45, 7) is 2.90. The average molecular weight is 578 g/mol. The summed E-state index contributed by atoms with van der Waals surface area (Å²) in [4.78, 5) is 24.0. The van der Waals surface area contributed by atoms with E-state index < -0.39 is 5.82 Å². The molecule has 0 saturated carbocycles. The number of benzene rings is 2. The van der Waals surface area contributed by atoms with E-state index in [1.54, 1.807) is 43.6 Å². The molecule has 0 spiro atoms. The molecule has 0 aliphatic heterocycles. The van der Waals surface area contributed by atoms with Crippen molar-refractivity contribution in [2.24, 2.45) is 0 Å². The molecule has 9 nitrogen and oxygen atoms in total. The summed E-state index contributed by atoms with van der Waals surface area (Å²) < 4.78 is 20.9. The van der Waals surface area contributed by atoms with Crippen molar-refractivity contribution in [2.45, 2.75) is 19.9 Å². The Balaban J connectivity index is 1.24. The second-order valence-electron chi connectivity index (χ2n) is 8.35. The molecule has 2 aromatic carbocycles. The van der Waals surface area contributed by atoms with Crippen molar-refractivity contribution in [3.8, 4) is 5.75 Å². The number of thiocarbonyl (C=S) groups is 1. The average Bonchev–Trinajstić information content (AvgIpc) is 2.97. The minimum absolute atomic E-state index is 0.00163. The third-order valence-electron chi connectivity index (χ3n) is 5.33. The van der Waals surface area contributed by atoms with Crippen LogP contribution in [0.3, 0.4) is 0 Å². The number of hydrogen-bond acceptors (Lipinski definition) is 9. The summed E-state index contributed by atoms with van der Waals surface area (Å²) in [7, 11) is 0. The molecule has 0 bridgehead atoms. The Morgan fingerprint density at radius 1 is 1.02 bits per heavy atom. The van der Waals surface area contributed by atoms with Gasteiger partial charge in [-0.1, -0.05) is 43.0 Å². The fourth-order valence-corrected chi connectivity index (χ4v) is 4.21. The van der Waals surface area contributed by atoms with Crippen LogP contribution in [0.25, 0.3) is 0 Å². The van der Waals surface area contributed by atoms with Crippen LogP contribution < -0.4 is 26.0 Å². The first-order valence-electron chi connectivity index (χ1n) is 12.5. The molecule has 0 fully saturated rings. The largest absolute Gasteiger partial charge is 0.493 e. The van der Waals surface area contributed by atoms with Gasteiger partial charge >= 0.3 is 0 Å². The number of halogens is 1. The lowest BCUT2D eigenvalue weighted by atomic mass is 10.2. The summed E-state index contributed by atoms with van der Waals surface area (Å²) in [6.07, 6.45) is 4.99. The van der Waals surface area contributed by atoms with Crippen LogP contribution in [0.2, 0.25) is 0 Å².